The van der Waals surface area contributed by atoms with E-state index in [2.05, 4.69) is 37.8 Å². The normalized spacial score (nSPS) is 15.9. The maximum Gasteiger partial charge on any atom is 0.227 e. The highest BCUT2D eigenvalue weighted by Crippen LogP contribution is 2.30. The van der Waals surface area contributed by atoms with Gasteiger partial charge in [-0.2, -0.15) is 4.98 Å². The fourth-order valence-electron chi connectivity index (χ4n) is 3.57. The molecule has 7 nitrogen and oxygen atoms in total. The Balaban J connectivity index is 1.44. The van der Waals surface area contributed by atoms with Gasteiger partial charge in [-0.05, 0) is 65.4 Å². The Morgan fingerprint density at radius 1 is 1.00 bits per heavy atom. The van der Waals surface area contributed by atoms with E-state index in [4.69, 9.17) is 20.4 Å². The Morgan fingerprint density at radius 3 is 2.52 bits per heavy atom. The lowest BCUT2D eigenvalue weighted by atomic mass is 10.2. The highest BCUT2D eigenvalue weighted by atomic mass is 127. The molecule has 0 bridgehead atoms. The number of hydrogen-bond acceptors (Lipinski definition) is 7. The third-order valence-electron chi connectivity index (χ3n) is 5.16. The molecular weight excluding hydrogens is 503 g/mol. The molecule has 2 aromatic carbocycles. The molecule has 156 valence electrons. The molecule has 1 saturated heterocycles. The van der Waals surface area contributed by atoms with Gasteiger partial charge in [-0.3, -0.25) is 4.98 Å². The molecule has 1 atom stereocenters. The lowest BCUT2D eigenvalue weighted by Crippen LogP contribution is -2.27. The summed E-state index contributed by atoms with van der Waals surface area (Å²) in [7, 11) is 0. The summed E-state index contributed by atoms with van der Waals surface area (Å²) < 4.78 is 6.87. The van der Waals surface area contributed by atoms with Gasteiger partial charge in [0.2, 0.25) is 5.95 Å². The fraction of sp³-hybridized carbons (Fsp3) is 0.174. The molecule has 1 aliphatic rings. The molecule has 5 rings (SSSR count). The number of nitrogens with two attached hydrogens (primary N) is 1. The third-order valence-corrected chi connectivity index (χ3v) is 5.94. The molecule has 0 spiro atoms. The van der Waals surface area contributed by atoms with Crippen molar-refractivity contribution in [2.24, 2.45) is 5.73 Å². The van der Waals surface area contributed by atoms with E-state index in [0.717, 1.165) is 57.0 Å². The number of halogens is 1. The summed E-state index contributed by atoms with van der Waals surface area (Å²) in [6.07, 6.45) is 4.56. The molecule has 0 amide bonds. The molecule has 4 aromatic rings. The minimum absolute atomic E-state index is 0.157. The summed E-state index contributed by atoms with van der Waals surface area (Å²) in [4.78, 5) is 16.1. The molecule has 1 aliphatic heterocycles. The van der Waals surface area contributed by atoms with Crippen LogP contribution >= 0.6 is 22.6 Å². The van der Waals surface area contributed by atoms with Crippen molar-refractivity contribution < 1.29 is 4.74 Å². The zero-order valence-corrected chi connectivity index (χ0v) is 18.9. The van der Waals surface area contributed by atoms with Crippen LogP contribution in [0.25, 0.3) is 10.9 Å². The molecule has 0 aliphatic carbocycles. The van der Waals surface area contributed by atoms with Crippen LogP contribution < -0.4 is 20.7 Å². The number of para-hydroxylation sites is 1. The van der Waals surface area contributed by atoms with Gasteiger partial charge in [-0.25, -0.2) is 4.98 Å². The Morgan fingerprint density at radius 2 is 1.77 bits per heavy atom. The number of aromatic nitrogens is 3. The SMILES string of the molecule is N[C@@H]1CCN(c2nc(Nc3ccc(Oc4ccccc4)cc3)c3cncc(I)c3n2)C1. The first-order valence-corrected chi connectivity index (χ1v) is 11.2. The van der Waals surface area contributed by atoms with Gasteiger partial charge in [-0.15, -0.1) is 0 Å². The van der Waals surface area contributed by atoms with Gasteiger partial charge in [0.25, 0.3) is 0 Å². The Bertz CT molecular complexity index is 1200. The van der Waals surface area contributed by atoms with Crippen LogP contribution in [0, 0.1) is 3.57 Å². The smallest absolute Gasteiger partial charge is 0.227 e. The highest BCUT2D eigenvalue weighted by Gasteiger charge is 2.23. The summed E-state index contributed by atoms with van der Waals surface area (Å²) in [6, 6.07) is 17.7. The van der Waals surface area contributed by atoms with Crippen LogP contribution in [0.1, 0.15) is 6.42 Å². The van der Waals surface area contributed by atoms with E-state index < -0.39 is 0 Å². The summed E-state index contributed by atoms with van der Waals surface area (Å²) in [5, 5.41) is 4.31. The average Bonchev–Trinajstić information content (AvgIpc) is 3.23. The minimum Gasteiger partial charge on any atom is -0.457 e. The second-order valence-corrected chi connectivity index (χ2v) is 8.61. The van der Waals surface area contributed by atoms with Crippen molar-refractivity contribution in [2.45, 2.75) is 12.5 Å². The standard InChI is InChI=1S/C23H21IN6O/c24-20-13-26-12-19-21(20)28-23(30-11-10-15(25)14-30)29-22(19)27-16-6-8-18(9-7-16)31-17-4-2-1-3-5-17/h1-9,12-13,15H,10-11,14,25H2,(H,27,28,29)/t15-/m1/s1. The number of anilines is 3. The molecule has 2 aromatic heterocycles. The van der Waals surface area contributed by atoms with Crippen molar-refractivity contribution in [3.63, 3.8) is 0 Å². The van der Waals surface area contributed by atoms with Crippen molar-refractivity contribution in [2.75, 3.05) is 23.3 Å². The molecule has 8 heteroatoms. The van der Waals surface area contributed by atoms with E-state index in [1.807, 2.05) is 60.8 Å². The first kappa shape index (κ1) is 20.0. The van der Waals surface area contributed by atoms with Crippen LogP contribution in [0.15, 0.2) is 67.0 Å². The lowest BCUT2D eigenvalue weighted by molar-refractivity contribution is 0.483. The van der Waals surface area contributed by atoms with Crippen LogP contribution in [0.2, 0.25) is 0 Å². The molecule has 31 heavy (non-hydrogen) atoms. The number of benzene rings is 2. The van der Waals surface area contributed by atoms with Crippen molar-refractivity contribution in [3.8, 4) is 11.5 Å². The number of pyridine rings is 1. The zero-order valence-electron chi connectivity index (χ0n) is 16.7. The molecule has 0 saturated carbocycles. The van der Waals surface area contributed by atoms with Crippen LogP contribution in [0.4, 0.5) is 17.5 Å². The second-order valence-electron chi connectivity index (χ2n) is 7.45. The van der Waals surface area contributed by atoms with E-state index in [9.17, 15) is 0 Å². The van der Waals surface area contributed by atoms with Gasteiger partial charge in [0.05, 0.1) is 14.5 Å². The quantitative estimate of drug-likeness (QED) is 0.366. The predicted octanol–water partition coefficient (Wildman–Crippen LogP) is 4.70. The van der Waals surface area contributed by atoms with Gasteiger partial charge >= 0.3 is 0 Å². The topological polar surface area (TPSA) is 89.2 Å². The maximum atomic E-state index is 6.10. The minimum atomic E-state index is 0.157. The zero-order chi connectivity index (χ0) is 21.2. The van der Waals surface area contributed by atoms with E-state index >= 15 is 0 Å². The maximum absolute atomic E-state index is 6.10. The largest absolute Gasteiger partial charge is 0.457 e. The molecule has 1 fully saturated rings. The molecule has 0 unspecified atom stereocenters. The predicted molar refractivity (Wildman–Crippen MR) is 131 cm³/mol. The summed E-state index contributed by atoms with van der Waals surface area (Å²) >= 11 is 2.26. The van der Waals surface area contributed by atoms with Gasteiger partial charge in [-0.1, -0.05) is 18.2 Å². The van der Waals surface area contributed by atoms with Crippen LogP contribution in [-0.2, 0) is 0 Å². The summed E-state index contributed by atoms with van der Waals surface area (Å²) in [6.45, 7) is 1.62. The summed E-state index contributed by atoms with van der Waals surface area (Å²) in [5.74, 6) is 2.99. The lowest BCUT2D eigenvalue weighted by Gasteiger charge is -2.18. The van der Waals surface area contributed by atoms with Gasteiger partial charge < -0.3 is 20.7 Å². The van der Waals surface area contributed by atoms with E-state index in [0.29, 0.717) is 5.95 Å². The fourth-order valence-corrected chi connectivity index (χ4v) is 4.15. The van der Waals surface area contributed by atoms with Crippen molar-refractivity contribution in [3.05, 3.63) is 70.6 Å². The second kappa shape index (κ2) is 8.64. The number of nitrogens with zero attached hydrogens (tertiary/aromatic N) is 4. The van der Waals surface area contributed by atoms with Crippen molar-refractivity contribution in [1.82, 2.24) is 15.0 Å². The molecule has 3 heterocycles. The number of hydrogen-bond donors (Lipinski definition) is 2. The Labute approximate surface area is 193 Å². The van der Waals surface area contributed by atoms with E-state index in [1.54, 1.807) is 6.20 Å². The van der Waals surface area contributed by atoms with Crippen LogP contribution in [-0.4, -0.2) is 34.1 Å². The van der Waals surface area contributed by atoms with Gasteiger partial charge in [0.15, 0.2) is 0 Å². The first-order valence-electron chi connectivity index (χ1n) is 10.1. The average molecular weight is 524 g/mol. The number of nitrogens with one attached hydrogen (secondary N) is 1. The van der Waals surface area contributed by atoms with Gasteiger partial charge in [0.1, 0.15) is 17.3 Å². The third kappa shape index (κ3) is 4.40. The Hall–Kier alpha value is -2.98. The van der Waals surface area contributed by atoms with E-state index in [-0.39, 0.29) is 6.04 Å². The monoisotopic (exact) mass is 524 g/mol. The Kier molecular flexibility index (Phi) is 5.56. The number of rotatable bonds is 5. The summed E-state index contributed by atoms with van der Waals surface area (Å²) in [5.41, 5.74) is 7.89. The molecule has 3 N–H and O–H groups in total. The van der Waals surface area contributed by atoms with Gasteiger partial charge in [0, 0.05) is 37.2 Å². The first-order chi connectivity index (χ1) is 15.2. The van der Waals surface area contributed by atoms with Crippen LogP contribution in [0.3, 0.4) is 0 Å². The molecule has 0 radical (unpaired) electrons. The van der Waals surface area contributed by atoms with Crippen molar-refractivity contribution in [1.29, 1.82) is 0 Å². The molecular formula is C23H21IN6O. The van der Waals surface area contributed by atoms with Crippen molar-refractivity contribution >= 4 is 50.9 Å². The highest BCUT2D eigenvalue weighted by molar-refractivity contribution is 14.1. The number of fused-ring (bicyclic) bond motifs is 1. The number of ether oxygens (including phenoxy) is 1. The van der Waals surface area contributed by atoms with E-state index in [1.165, 1.54) is 0 Å². The van der Waals surface area contributed by atoms with Crippen LogP contribution in [0.5, 0.6) is 11.5 Å².